The third kappa shape index (κ3) is 2.92. The molecule has 0 saturated carbocycles. The Bertz CT molecular complexity index is 542. The van der Waals surface area contributed by atoms with E-state index in [0.717, 1.165) is 31.6 Å². The average Bonchev–Trinajstić information content (AvgIpc) is 2.42. The smallest absolute Gasteiger partial charge is 0.150 e. The molecule has 1 saturated heterocycles. The third-order valence-electron chi connectivity index (χ3n) is 3.95. The highest BCUT2D eigenvalue weighted by atomic mass is 32.2. The molecular weight excluding hydrogens is 262 g/mol. The molecule has 1 fully saturated rings. The molecule has 2 aliphatic heterocycles. The normalized spacial score (nSPS) is 26.4. The van der Waals surface area contributed by atoms with Gasteiger partial charge in [0.05, 0.1) is 18.1 Å². The predicted octanol–water partition coefficient (Wildman–Crippen LogP) is 1.68. The Kier molecular flexibility index (Phi) is 3.50. The molecule has 19 heavy (non-hydrogen) atoms. The SMILES string of the molecule is O=S1(=O)CCC(NC2CCOc3ccccc32)CC1. The lowest BCUT2D eigenvalue weighted by Crippen LogP contribution is -2.40. The van der Waals surface area contributed by atoms with E-state index in [1.165, 1.54) is 5.56 Å². The van der Waals surface area contributed by atoms with Gasteiger partial charge in [-0.05, 0) is 18.9 Å². The van der Waals surface area contributed by atoms with Crippen LogP contribution >= 0.6 is 0 Å². The van der Waals surface area contributed by atoms with Crippen LogP contribution in [0, 0.1) is 0 Å². The lowest BCUT2D eigenvalue weighted by Gasteiger charge is -2.32. The van der Waals surface area contributed by atoms with Gasteiger partial charge in [0.2, 0.25) is 0 Å². The van der Waals surface area contributed by atoms with Crippen molar-refractivity contribution in [3.05, 3.63) is 29.8 Å². The third-order valence-corrected chi connectivity index (χ3v) is 5.67. The van der Waals surface area contributed by atoms with Crippen molar-refractivity contribution < 1.29 is 13.2 Å². The van der Waals surface area contributed by atoms with E-state index < -0.39 is 9.84 Å². The van der Waals surface area contributed by atoms with Crippen LogP contribution in [0.25, 0.3) is 0 Å². The molecule has 2 aliphatic rings. The summed E-state index contributed by atoms with van der Waals surface area (Å²) in [4.78, 5) is 0. The van der Waals surface area contributed by atoms with Gasteiger partial charge in [0.15, 0.2) is 0 Å². The summed E-state index contributed by atoms with van der Waals surface area (Å²) in [7, 11) is -2.78. The van der Waals surface area contributed by atoms with Gasteiger partial charge in [0.25, 0.3) is 0 Å². The van der Waals surface area contributed by atoms with Gasteiger partial charge in [0.1, 0.15) is 15.6 Å². The molecule has 1 aromatic carbocycles. The molecule has 1 unspecified atom stereocenters. The molecule has 0 aliphatic carbocycles. The highest BCUT2D eigenvalue weighted by Crippen LogP contribution is 2.32. The van der Waals surface area contributed by atoms with Crippen LogP contribution in [0.1, 0.15) is 30.9 Å². The summed E-state index contributed by atoms with van der Waals surface area (Å²) < 4.78 is 28.5. The van der Waals surface area contributed by atoms with E-state index in [9.17, 15) is 8.42 Å². The highest BCUT2D eigenvalue weighted by Gasteiger charge is 2.28. The van der Waals surface area contributed by atoms with Crippen molar-refractivity contribution in [2.45, 2.75) is 31.3 Å². The molecule has 2 heterocycles. The van der Waals surface area contributed by atoms with E-state index in [4.69, 9.17) is 4.74 Å². The number of sulfone groups is 1. The van der Waals surface area contributed by atoms with Crippen molar-refractivity contribution in [1.82, 2.24) is 5.32 Å². The molecule has 1 N–H and O–H groups in total. The molecule has 4 nitrogen and oxygen atoms in total. The van der Waals surface area contributed by atoms with Crippen LogP contribution < -0.4 is 10.1 Å². The van der Waals surface area contributed by atoms with Crippen molar-refractivity contribution >= 4 is 9.84 Å². The topological polar surface area (TPSA) is 55.4 Å². The van der Waals surface area contributed by atoms with Crippen LogP contribution in [0.3, 0.4) is 0 Å². The lowest BCUT2D eigenvalue weighted by molar-refractivity contribution is 0.241. The molecule has 1 atom stereocenters. The molecule has 0 radical (unpaired) electrons. The Hall–Kier alpha value is -1.07. The molecule has 1 aromatic rings. The van der Waals surface area contributed by atoms with Crippen molar-refractivity contribution in [3.8, 4) is 5.75 Å². The number of hydrogen-bond acceptors (Lipinski definition) is 4. The maximum Gasteiger partial charge on any atom is 0.150 e. The molecular formula is C14H19NO3S. The summed E-state index contributed by atoms with van der Waals surface area (Å²) in [5, 5.41) is 3.61. The maximum absolute atomic E-state index is 11.4. The average molecular weight is 281 g/mol. The first-order valence-electron chi connectivity index (χ1n) is 6.82. The first-order chi connectivity index (χ1) is 9.14. The second-order valence-corrected chi connectivity index (χ2v) is 7.62. The first-order valence-corrected chi connectivity index (χ1v) is 8.64. The Morgan fingerprint density at radius 1 is 1.11 bits per heavy atom. The molecule has 104 valence electrons. The zero-order valence-corrected chi connectivity index (χ0v) is 11.7. The number of ether oxygens (including phenoxy) is 1. The standard InChI is InChI=1S/C14H19NO3S/c16-19(17)9-6-11(7-10-19)15-13-5-8-18-14-4-2-1-3-12(13)14/h1-4,11,13,15H,5-10H2. The number of hydrogen-bond donors (Lipinski definition) is 1. The van der Waals surface area contributed by atoms with Gasteiger partial charge in [-0.2, -0.15) is 0 Å². The molecule has 0 aromatic heterocycles. The van der Waals surface area contributed by atoms with Gasteiger partial charge in [-0.15, -0.1) is 0 Å². The van der Waals surface area contributed by atoms with Crippen LogP contribution in [-0.2, 0) is 9.84 Å². The number of fused-ring (bicyclic) bond motifs is 1. The van der Waals surface area contributed by atoms with Gasteiger partial charge in [-0.25, -0.2) is 8.42 Å². The van der Waals surface area contributed by atoms with Crippen molar-refractivity contribution in [2.75, 3.05) is 18.1 Å². The molecule has 0 amide bonds. The maximum atomic E-state index is 11.4. The minimum Gasteiger partial charge on any atom is -0.493 e. The Balaban J connectivity index is 1.68. The zero-order valence-electron chi connectivity index (χ0n) is 10.8. The Morgan fingerprint density at radius 3 is 2.63 bits per heavy atom. The molecule has 3 rings (SSSR count). The zero-order chi connectivity index (χ0) is 13.3. The quantitative estimate of drug-likeness (QED) is 0.896. The fourth-order valence-electron chi connectivity index (χ4n) is 2.86. The van der Waals surface area contributed by atoms with Gasteiger partial charge < -0.3 is 10.1 Å². The summed E-state index contributed by atoms with van der Waals surface area (Å²) in [6.45, 7) is 0.722. The molecule has 0 spiro atoms. The van der Waals surface area contributed by atoms with Crippen LogP contribution in [0.2, 0.25) is 0 Å². The molecule has 0 bridgehead atoms. The van der Waals surface area contributed by atoms with Crippen LogP contribution in [0.5, 0.6) is 5.75 Å². The molecule has 5 heteroatoms. The van der Waals surface area contributed by atoms with Gasteiger partial charge in [-0.1, -0.05) is 18.2 Å². The highest BCUT2D eigenvalue weighted by molar-refractivity contribution is 7.91. The minimum atomic E-state index is -2.78. The van der Waals surface area contributed by atoms with Gasteiger partial charge in [0, 0.05) is 24.1 Å². The number of nitrogens with one attached hydrogen (secondary N) is 1. The predicted molar refractivity (Wildman–Crippen MR) is 74.1 cm³/mol. The van der Waals surface area contributed by atoms with Gasteiger partial charge >= 0.3 is 0 Å². The Morgan fingerprint density at radius 2 is 1.84 bits per heavy atom. The largest absolute Gasteiger partial charge is 0.493 e. The van der Waals surface area contributed by atoms with Crippen molar-refractivity contribution in [1.29, 1.82) is 0 Å². The number of benzene rings is 1. The van der Waals surface area contributed by atoms with E-state index in [1.807, 2.05) is 18.2 Å². The minimum absolute atomic E-state index is 0.288. The number of rotatable bonds is 2. The van der Waals surface area contributed by atoms with E-state index in [0.29, 0.717) is 17.5 Å². The van der Waals surface area contributed by atoms with Crippen LogP contribution in [-0.4, -0.2) is 32.6 Å². The van der Waals surface area contributed by atoms with Gasteiger partial charge in [-0.3, -0.25) is 0 Å². The summed E-state index contributed by atoms with van der Waals surface area (Å²) in [6.07, 6.45) is 2.39. The summed E-state index contributed by atoms with van der Waals surface area (Å²) in [6, 6.07) is 8.68. The van der Waals surface area contributed by atoms with E-state index >= 15 is 0 Å². The van der Waals surface area contributed by atoms with E-state index in [2.05, 4.69) is 11.4 Å². The van der Waals surface area contributed by atoms with E-state index in [-0.39, 0.29) is 6.04 Å². The lowest BCUT2D eigenvalue weighted by atomic mass is 9.98. The summed E-state index contributed by atoms with van der Waals surface area (Å²) >= 11 is 0. The van der Waals surface area contributed by atoms with Crippen molar-refractivity contribution in [3.63, 3.8) is 0 Å². The van der Waals surface area contributed by atoms with Crippen LogP contribution in [0.15, 0.2) is 24.3 Å². The Labute approximate surface area is 114 Å². The summed E-state index contributed by atoms with van der Waals surface area (Å²) in [5.74, 6) is 1.58. The second kappa shape index (κ2) is 5.13. The fourth-order valence-corrected chi connectivity index (χ4v) is 4.35. The van der Waals surface area contributed by atoms with Crippen LogP contribution in [0.4, 0.5) is 0 Å². The monoisotopic (exact) mass is 281 g/mol. The van der Waals surface area contributed by atoms with E-state index in [1.54, 1.807) is 0 Å². The second-order valence-electron chi connectivity index (χ2n) is 5.32. The first kappa shape index (κ1) is 12.9. The number of para-hydroxylation sites is 1. The summed E-state index contributed by atoms with van der Waals surface area (Å²) in [5.41, 5.74) is 1.20. The van der Waals surface area contributed by atoms with Crippen molar-refractivity contribution in [2.24, 2.45) is 0 Å². The fraction of sp³-hybridized carbons (Fsp3) is 0.571.